The normalized spacial score (nSPS) is 14.8. The predicted molar refractivity (Wildman–Crippen MR) is 78.9 cm³/mol. The summed E-state index contributed by atoms with van der Waals surface area (Å²) in [4.78, 5) is 16.1. The molecule has 1 saturated carbocycles. The fourth-order valence-corrected chi connectivity index (χ4v) is 3.27. The molecule has 2 aromatic rings. The van der Waals surface area contributed by atoms with Crippen LogP contribution in [0.5, 0.6) is 0 Å². The minimum Gasteiger partial charge on any atom is -0.291 e. The van der Waals surface area contributed by atoms with Gasteiger partial charge in [0, 0.05) is 11.6 Å². The summed E-state index contributed by atoms with van der Waals surface area (Å²) in [6.07, 6.45) is 2.97. The third-order valence-corrected chi connectivity index (χ3v) is 4.83. The van der Waals surface area contributed by atoms with Gasteiger partial charge in [-0.05, 0) is 37.5 Å². The van der Waals surface area contributed by atoms with Crippen LogP contribution in [0.15, 0.2) is 29.4 Å². The second kappa shape index (κ2) is 5.50. The molecule has 8 nitrogen and oxygen atoms in total. The van der Waals surface area contributed by atoms with E-state index in [2.05, 4.69) is 25.2 Å². The Kier molecular flexibility index (Phi) is 3.67. The highest BCUT2D eigenvalue weighted by molar-refractivity contribution is 7.89. The number of benzene rings is 1. The summed E-state index contributed by atoms with van der Waals surface area (Å²) < 4.78 is 27.0. The summed E-state index contributed by atoms with van der Waals surface area (Å²) in [5.74, 6) is -0.244. The standard InChI is InChI=1S/C13H15N5O3S/c1-8-2-5-10(22(20,21)18-9-3-4-9)6-11(8)12(19)16-13-14-7-15-17-13/h2,5-7,9,18H,3-4H2,1H3,(H2,14,15,16,17,19). The maximum Gasteiger partial charge on any atom is 0.258 e. The molecular weight excluding hydrogens is 306 g/mol. The van der Waals surface area contributed by atoms with E-state index in [1.807, 2.05) is 0 Å². The van der Waals surface area contributed by atoms with Gasteiger partial charge in [0.1, 0.15) is 6.33 Å². The monoisotopic (exact) mass is 321 g/mol. The molecule has 0 unspecified atom stereocenters. The molecule has 1 amide bonds. The van der Waals surface area contributed by atoms with E-state index < -0.39 is 15.9 Å². The first-order valence-electron chi connectivity index (χ1n) is 6.75. The predicted octanol–water partition coefficient (Wildman–Crippen LogP) is 0.806. The van der Waals surface area contributed by atoms with Gasteiger partial charge in [0.05, 0.1) is 4.90 Å². The van der Waals surface area contributed by atoms with Crippen LogP contribution in [-0.4, -0.2) is 35.5 Å². The average Bonchev–Trinajstić information content (AvgIpc) is 3.11. The number of aryl methyl sites for hydroxylation is 1. The molecule has 0 bridgehead atoms. The zero-order chi connectivity index (χ0) is 15.7. The molecule has 0 atom stereocenters. The zero-order valence-corrected chi connectivity index (χ0v) is 12.6. The van der Waals surface area contributed by atoms with Crippen molar-refractivity contribution in [3.05, 3.63) is 35.7 Å². The molecule has 22 heavy (non-hydrogen) atoms. The van der Waals surface area contributed by atoms with Crippen molar-refractivity contribution in [1.82, 2.24) is 19.9 Å². The SMILES string of the molecule is Cc1ccc(S(=O)(=O)NC2CC2)cc1C(=O)Nc1ncn[nH]1. The molecule has 9 heteroatoms. The fraction of sp³-hybridized carbons (Fsp3) is 0.308. The first-order valence-corrected chi connectivity index (χ1v) is 8.24. The van der Waals surface area contributed by atoms with Gasteiger partial charge in [0.25, 0.3) is 5.91 Å². The van der Waals surface area contributed by atoms with Crippen LogP contribution in [-0.2, 0) is 10.0 Å². The van der Waals surface area contributed by atoms with Gasteiger partial charge in [0.15, 0.2) is 0 Å². The number of carbonyl (C=O) groups is 1. The molecule has 0 spiro atoms. The highest BCUT2D eigenvalue weighted by Gasteiger charge is 2.28. The Bertz CT molecular complexity index is 797. The number of H-pyrrole nitrogens is 1. The Labute approximate surface area is 127 Å². The second-order valence-electron chi connectivity index (χ2n) is 5.16. The van der Waals surface area contributed by atoms with Crippen molar-refractivity contribution in [2.75, 3.05) is 5.32 Å². The summed E-state index contributed by atoms with van der Waals surface area (Å²) in [5.41, 5.74) is 0.942. The van der Waals surface area contributed by atoms with E-state index in [-0.39, 0.29) is 22.4 Å². The minimum absolute atomic E-state index is 0.0118. The van der Waals surface area contributed by atoms with Crippen LogP contribution in [0.2, 0.25) is 0 Å². The number of sulfonamides is 1. The topological polar surface area (TPSA) is 117 Å². The van der Waals surface area contributed by atoms with E-state index in [4.69, 9.17) is 0 Å². The molecule has 1 aliphatic carbocycles. The number of nitrogens with one attached hydrogen (secondary N) is 3. The lowest BCUT2D eigenvalue weighted by Gasteiger charge is -2.10. The third kappa shape index (κ3) is 3.15. The Morgan fingerprint density at radius 1 is 1.36 bits per heavy atom. The van der Waals surface area contributed by atoms with Crippen LogP contribution in [0.25, 0.3) is 0 Å². The number of carbonyl (C=O) groups excluding carboxylic acids is 1. The van der Waals surface area contributed by atoms with E-state index in [9.17, 15) is 13.2 Å². The molecule has 3 N–H and O–H groups in total. The van der Waals surface area contributed by atoms with Gasteiger partial charge in [-0.2, -0.15) is 10.1 Å². The molecule has 0 radical (unpaired) electrons. The van der Waals surface area contributed by atoms with Crippen molar-refractivity contribution < 1.29 is 13.2 Å². The van der Waals surface area contributed by atoms with Gasteiger partial charge in [0.2, 0.25) is 16.0 Å². The van der Waals surface area contributed by atoms with Crippen molar-refractivity contribution in [3.8, 4) is 0 Å². The van der Waals surface area contributed by atoms with Gasteiger partial charge >= 0.3 is 0 Å². The van der Waals surface area contributed by atoms with Gasteiger partial charge in [-0.3, -0.25) is 10.1 Å². The van der Waals surface area contributed by atoms with Crippen molar-refractivity contribution in [1.29, 1.82) is 0 Å². The Balaban J connectivity index is 1.87. The average molecular weight is 321 g/mol. The lowest BCUT2D eigenvalue weighted by molar-refractivity contribution is 0.102. The van der Waals surface area contributed by atoms with Gasteiger partial charge in [-0.25, -0.2) is 18.2 Å². The van der Waals surface area contributed by atoms with Crippen LogP contribution >= 0.6 is 0 Å². The van der Waals surface area contributed by atoms with Gasteiger partial charge in [-0.15, -0.1) is 0 Å². The quantitative estimate of drug-likeness (QED) is 0.753. The third-order valence-electron chi connectivity index (χ3n) is 3.31. The minimum atomic E-state index is -3.60. The number of hydrogen-bond acceptors (Lipinski definition) is 5. The Morgan fingerprint density at radius 3 is 2.77 bits per heavy atom. The Morgan fingerprint density at radius 2 is 2.14 bits per heavy atom. The van der Waals surface area contributed by atoms with Gasteiger partial charge in [-0.1, -0.05) is 6.07 Å². The largest absolute Gasteiger partial charge is 0.291 e. The van der Waals surface area contributed by atoms with E-state index in [0.717, 1.165) is 12.8 Å². The maximum absolute atomic E-state index is 12.2. The van der Waals surface area contributed by atoms with E-state index in [1.165, 1.54) is 18.5 Å². The lowest BCUT2D eigenvalue weighted by atomic mass is 10.1. The summed E-state index contributed by atoms with van der Waals surface area (Å²) in [6, 6.07) is 4.48. The number of anilines is 1. The molecule has 1 aliphatic rings. The molecule has 1 heterocycles. The Hall–Kier alpha value is -2.26. The smallest absolute Gasteiger partial charge is 0.258 e. The highest BCUT2D eigenvalue weighted by Crippen LogP contribution is 2.23. The number of hydrogen-bond donors (Lipinski definition) is 3. The van der Waals surface area contributed by atoms with E-state index in [0.29, 0.717) is 5.56 Å². The number of rotatable bonds is 5. The van der Waals surface area contributed by atoms with E-state index in [1.54, 1.807) is 13.0 Å². The second-order valence-corrected chi connectivity index (χ2v) is 6.87. The number of aromatic amines is 1. The molecule has 3 rings (SSSR count). The molecule has 116 valence electrons. The first kappa shape index (κ1) is 14.7. The molecule has 0 aliphatic heterocycles. The molecule has 0 saturated heterocycles. The fourth-order valence-electron chi connectivity index (χ4n) is 1.94. The highest BCUT2D eigenvalue weighted by atomic mass is 32.2. The van der Waals surface area contributed by atoms with Gasteiger partial charge < -0.3 is 0 Å². The lowest BCUT2D eigenvalue weighted by Crippen LogP contribution is -2.26. The summed E-state index contributed by atoms with van der Waals surface area (Å²) in [6.45, 7) is 1.74. The number of aromatic nitrogens is 3. The number of amides is 1. The van der Waals surface area contributed by atoms with Crippen LogP contribution in [0.3, 0.4) is 0 Å². The first-order chi connectivity index (χ1) is 10.5. The molecule has 1 aromatic carbocycles. The number of nitrogens with zero attached hydrogens (tertiary/aromatic N) is 2. The van der Waals surface area contributed by atoms with Crippen LogP contribution in [0.4, 0.5) is 5.95 Å². The van der Waals surface area contributed by atoms with Crippen LogP contribution < -0.4 is 10.0 Å². The van der Waals surface area contributed by atoms with Crippen molar-refractivity contribution in [3.63, 3.8) is 0 Å². The van der Waals surface area contributed by atoms with E-state index >= 15 is 0 Å². The molecule has 1 fully saturated rings. The van der Waals surface area contributed by atoms with Crippen molar-refractivity contribution >= 4 is 21.9 Å². The molecular formula is C13H15N5O3S. The van der Waals surface area contributed by atoms with Crippen molar-refractivity contribution in [2.24, 2.45) is 0 Å². The summed E-state index contributed by atoms with van der Waals surface area (Å²) in [7, 11) is -3.60. The van der Waals surface area contributed by atoms with Crippen molar-refractivity contribution in [2.45, 2.75) is 30.7 Å². The maximum atomic E-state index is 12.2. The summed E-state index contributed by atoms with van der Waals surface area (Å²) >= 11 is 0. The molecule has 1 aromatic heterocycles. The van der Waals surface area contributed by atoms with Crippen LogP contribution in [0, 0.1) is 6.92 Å². The van der Waals surface area contributed by atoms with Crippen LogP contribution in [0.1, 0.15) is 28.8 Å². The summed E-state index contributed by atoms with van der Waals surface area (Å²) in [5, 5.41) is 8.67. The zero-order valence-electron chi connectivity index (χ0n) is 11.8.